The van der Waals surface area contributed by atoms with Crippen LogP contribution in [-0.2, 0) is 9.59 Å². The molecule has 2 aromatic carbocycles. The number of amides is 2. The van der Waals surface area contributed by atoms with Crippen molar-refractivity contribution >= 4 is 58.0 Å². The van der Waals surface area contributed by atoms with Gasteiger partial charge in [-0.1, -0.05) is 34.8 Å². The molecule has 1 unspecified atom stereocenters. The Balaban J connectivity index is 1.90. The molecule has 26 heavy (non-hydrogen) atoms. The zero-order valence-electron chi connectivity index (χ0n) is 14.3. The van der Waals surface area contributed by atoms with Gasteiger partial charge in [-0.25, -0.2) is 0 Å². The number of hydrogen-bond donors (Lipinski definition) is 3. The molecule has 5 nitrogen and oxygen atoms in total. The second-order valence-corrected chi connectivity index (χ2v) is 7.26. The maximum absolute atomic E-state index is 12.4. The average molecular weight is 416 g/mol. The minimum absolute atomic E-state index is 0.132. The Morgan fingerprint density at radius 1 is 0.923 bits per heavy atom. The van der Waals surface area contributed by atoms with Gasteiger partial charge >= 0.3 is 0 Å². The highest BCUT2D eigenvalue weighted by atomic mass is 35.5. The van der Waals surface area contributed by atoms with E-state index in [2.05, 4.69) is 10.6 Å². The first kappa shape index (κ1) is 20.5. The van der Waals surface area contributed by atoms with E-state index in [1.54, 1.807) is 56.4 Å². The van der Waals surface area contributed by atoms with Crippen molar-refractivity contribution in [2.45, 2.75) is 13.0 Å². The van der Waals surface area contributed by atoms with Crippen molar-refractivity contribution in [2.24, 2.45) is 0 Å². The Kier molecular flexibility index (Phi) is 7.29. The number of anilines is 2. The molecular weight excluding hydrogens is 397 g/mol. The normalized spacial score (nSPS) is 13.0. The number of nitrogens with one attached hydrogen (secondary N) is 3. The summed E-state index contributed by atoms with van der Waals surface area (Å²) in [5.41, 5.74) is 1.16. The highest BCUT2D eigenvalue weighted by Crippen LogP contribution is 2.22. The van der Waals surface area contributed by atoms with E-state index < -0.39 is 6.04 Å². The third-order valence-electron chi connectivity index (χ3n) is 3.83. The SMILES string of the molecule is C[C@H](C(=O)Nc1cc(Cl)cc(Cl)c1)[NH+](C)CC(=O)Nc1ccc(Cl)cc1. The summed E-state index contributed by atoms with van der Waals surface area (Å²) in [5.74, 6) is -0.435. The van der Waals surface area contributed by atoms with Gasteiger partial charge in [-0.15, -0.1) is 0 Å². The molecule has 0 saturated heterocycles. The van der Waals surface area contributed by atoms with Crippen molar-refractivity contribution in [3.63, 3.8) is 0 Å². The monoisotopic (exact) mass is 414 g/mol. The lowest BCUT2D eigenvalue weighted by Crippen LogP contribution is -3.14. The fraction of sp³-hybridized carbons (Fsp3) is 0.222. The van der Waals surface area contributed by atoms with Gasteiger partial charge in [0.1, 0.15) is 0 Å². The molecule has 0 aliphatic rings. The van der Waals surface area contributed by atoms with Crippen molar-refractivity contribution in [1.82, 2.24) is 0 Å². The molecule has 0 aromatic heterocycles. The topological polar surface area (TPSA) is 62.6 Å². The quantitative estimate of drug-likeness (QED) is 0.679. The smallest absolute Gasteiger partial charge is 0.282 e. The number of likely N-dealkylation sites (N-methyl/N-ethyl adjacent to an activating group) is 1. The summed E-state index contributed by atoms with van der Waals surface area (Å²) < 4.78 is 0. The fourth-order valence-electron chi connectivity index (χ4n) is 2.25. The van der Waals surface area contributed by atoms with E-state index in [1.165, 1.54) is 0 Å². The molecule has 0 spiro atoms. The zero-order valence-corrected chi connectivity index (χ0v) is 16.5. The molecule has 0 radical (unpaired) electrons. The Morgan fingerprint density at radius 2 is 1.50 bits per heavy atom. The summed E-state index contributed by atoms with van der Waals surface area (Å²) in [4.78, 5) is 25.3. The predicted molar refractivity (Wildman–Crippen MR) is 106 cm³/mol. The third kappa shape index (κ3) is 6.18. The van der Waals surface area contributed by atoms with E-state index in [1.807, 2.05) is 0 Å². The molecule has 0 aliphatic heterocycles. The number of carbonyl (C=O) groups excluding carboxylic acids is 2. The van der Waals surface area contributed by atoms with Crippen molar-refractivity contribution in [3.05, 3.63) is 57.5 Å². The maximum atomic E-state index is 12.4. The Hall–Kier alpha value is -1.79. The van der Waals surface area contributed by atoms with Gasteiger partial charge in [-0.05, 0) is 49.4 Å². The van der Waals surface area contributed by atoms with E-state index in [4.69, 9.17) is 34.8 Å². The number of halogens is 3. The molecule has 2 aromatic rings. The van der Waals surface area contributed by atoms with Crippen LogP contribution in [-0.4, -0.2) is 31.4 Å². The van der Waals surface area contributed by atoms with Crippen LogP contribution < -0.4 is 15.5 Å². The van der Waals surface area contributed by atoms with Crippen molar-refractivity contribution in [1.29, 1.82) is 0 Å². The molecular formula is C18H19Cl3N3O2+. The molecule has 0 fully saturated rings. The second kappa shape index (κ2) is 9.24. The molecule has 2 rings (SSSR count). The van der Waals surface area contributed by atoms with Gasteiger partial charge in [0.25, 0.3) is 11.8 Å². The van der Waals surface area contributed by atoms with E-state index >= 15 is 0 Å². The lowest BCUT2D eigenvalue weighted by molar-refractivity contribution is -0.885. The Morgan fingerprint density at radius 3 is 2.08 bits per heavy atom. The number of rotatable bonds is 6. The van der Waals surface area contributed by atoms with Crippen LogP contribution in [0, 0.1) is 0 Å². The van der Waals surface area contributed by atoms with Crippen molar-refractivity contribution < 1.29 is 14.5 Å². The van der Waals surface area contributed by atoms with Gasteiger partial charge in [0.05, 0.1) is 7.05 Å². The number of benzene rings is 2. The fourth-order valence-corrected chi connectivity index (χ4v) is 2.90. The molecule has 0 heterocycles. The minimum atomic E-state index is -0.455. The molecule has 0 saturated carbocycles. The number of quaternary nitrogens is 1. The second-order valence-electron chi connectivity index (χ2n) is 5.95. The first-order valence-electron chi connectivity index (χ1n) is 7.89. The first-order chi connectivity index (χ1) is 12.2. The van der Waals surface area contributed by atoms with Gasteiger partial charge < -0.3 is 15.5 Å². The van der Waals surface area contributed by atoms with E-state index in [0.717, 1.165) is 4.90 Å². The van der Waals surface area contributed by atoms with Crippen LogP contribution in [0.3, 0.4) is 0 Å². The Labute approximate surface area is 167 Å². The van der Waals surface area contributed by atoms with Crippen LogP contribution in [0.4, 0.5) is 11.4 Å². The number of hydrogen-bond acceptors (Lipinski definition) is 2. The van der Waals surface area contributed by atoms with Gasteiger partial charge in [-0.2, -0.15) is 0 Å². The van der Waals surface area contributed by atoms with Crippen molar-refractivity contribution in [2.75, 3.05) is 24.2 Å². The van der Waals surface area contributed by atoms with Crippen LogP contribution in [0.2, 0.25) is 15.1 Å². The summed E-state index contributed by atoms with van der Waals surface area (Å²) >= 11 is 17.7. The molecule has 0 aliphatic carbocycles. The van der Waals surface area contributed by atoms with Crippen LogP contribution >= 0.6 is 34.8 Å². The standard InChI is InChI=1S/C18H18Cl3N3O2/c1-11(18(26)23-16-8-13(20)7-14(21)9-16)24(2)10-17(25)22-15-5-3-12(19)4-6-15/h3-9,11H,10H2,1-2H3,(H,22,25)(H,23,26)/p+1/t11-/m1/s1. The van der Waals surface area contributed by atoms with E-state index in [0.29, 0.717) is 26.4 Å². The molecule has 8 heteroatoms. The maximum Gasteiger partial charge on any atom is 0.282 e. The summed E-state index contributed by atoms with van der Waals surface area (Å²) in [6.45, 7) is 1.87. The molecule has 138 valence electrons. The Bertz CT molecular complexity index is 777. The molecule has 2 atom stereocenters. The highest BCUT2D eigenvalue weighted by molar-refractivity contribution is 6.35. The molecule has 2 amide bonds. The summed E-state index contributed by atoms with van der Waals surface area (Å²) in [7, 11) is 1.77. The van der Waals surface area contributed by atoms with Gasteiger partial charge in [0, 0.05) is 26.4 Å². The third-order valence-corrected chi connectivity index (χ3v) is 4.52. The summed E-state index contributed by atoms with van der Waals surface area (Å²) in [6.07, 6.45) is 0. The average Bonchev–Trinajstić information content (AvgIpc) is 2.55. The summed E-state index contributed by atoms with van der Waals surface area (Å²) in [6, 6.07) is 11.2. The van der Waals surface area contributed by atoms with E-state index in [-0.39, 0.29) is 18.4 Å². The predicted octanol–water partition coefficient (Wildman–Crippen LogP) is 3.13. The van der Waals surface area contributed by atoms with Crippen molar-refractivity contribution in [3.8, 4) is 0 Å². The van der Waals surface area contributed by atoms with Crippen LogP contribution in [0.15, 0.2) is 42.5 Å². The lowest BCUT2D eigenvalue weighted by Gasteiger charge is -2.20. The van der Waals surface area contributed by atoms with Gasteiger partial charge in [-0.3, -0.25) is 9.59 Å². The zero-order chi connectivity index (χ0) is 19.3. The van der Waals surface area contributed by atoms with E-state index in [9.17, 15) is 9.59 Å². The van der Waals surface area contributed by atoms with Crippen LogP contribution in [0.25, 0.3) is 0 Å². The molecule has 0 bridgehead atoms. The summed E-state index contributed by atoms with van der Waals surface area (Å²) in [5, 5.41) is 6.99. The minimum Gasteiger partial charge on any atom is -0.321 e. The lowest BCUT2D eigenvalue weighted by atomic mass is 10.2. The van der Waals surface area contributed by atoms with Gasteiger partial charge in [0.15, 0.2) is 12.6 Å². The number of carbonyl (C=O) groups is 2. The first-order valence-corrected chi connectivity index (χ1v) is 9.02. The van der Waals surface area contributed by atoms with Gasteiger partial charge in [0.2, 0.25) is 0 Å². The van der Waals surface area contributed by atoms with Crippen LogP contribution in [0.5, 0.6) is 0 Å². The molecule has 3 N–H and O–H groups in total. The largest absolute Gasteiger partial charge is 0.321 e. The van der Waals surface area contributed by atoms with Crippen LogP contribution in [0.1, 0.15) is 6.92 Å². The highest BCUT2D eigenvalue weighted by Gasteiger charge is 2.24.